The van der Waals surface area contributed by atoms with E-state index < -0.39 is 0 Å². The Morgan fingerprint density at radius 2 is 2.00 bits per heavy atom. The van der Waals surface area contributed by atoms with Crippen LogP contribution in [0.5, 0.6) is 0 Å². The molecule has 0 N–H and O–H groups in total. The van der Waals surface area contributed by atoms with Crippen LogP contribution in [-0.2, 0) is 11.3 Å². The predicted molar refractivity (Wildman–Crippen MR) is 142 cm³/mol. The molecule has 0 spiro atoms. The van der Waals surface area contributed by atoms with Crippen molar-refractivity contribution in [2.75, 3.05) is 18.0 Å². The number of hydrogen-bond acceptors (Lipinski definition) is 6. The zero-order chi connectivity index (χ0) is 24.7. The molecule has 1 amide bonds. The highest BCUT2D eigenvalue weighted by molar-refractivity contribution is 8.26. The van der Waals surface area contributed by atoms with Gasteiger partial charge in [0.2, 0.25) is 0 Å². The second-order valence-corrected chi connectivity index (χ2v) is 10.8. The number of aryl methyl sites for hydroxylation is 1. The summed E-state index contributed by atoms with van der Waals surface area (Å²) in [6, 6.07) is 9.74. The second kappa shape index (κ2) is 9.54. The number of hydrogen-bond donors (Lipinski definition) is 0. The van der Waals surface area contributed by atoms with Gasteiger partial charge in [-0.2, -0.15) is 0 Å². The first-order chi connectivity index (χ1) is 16.8. The fourth-order valence-electron chi connectivity index (χ4n) is 4.59. The standard InChI is InChI=1S/C26H25FN4O2S2/c1-16-5-3-11-29(14-16)23-20(24(32)30-12-4-6-17(2)22(30)28-23)13-21-25(33)31(26(34)35-21)15-18-7-9-19(27)10-8-18/h4,6-10,12-13,16H,3,5,11,14-15H2,1-2H3/b21-13+. The lowest BCUT2D eigenvalue weighted by molar-refractivity contribution is -0.122. The number of benzene rings is 1. The van der Waals surface area contributed by atoms with E-state index in [1.54, 1.807) is 24.4 Å². The molecule has 35 heavy (non-hydrogen) atoms. The largest absolute Gasteiger partial charge is 0.356 e. The van der Waals surface area contributed by atoms with Gasteiger partial charge in [0, 0.05) is 19.3 Å². The Hall–Kier alpha value is -3.04. The van der Waals surface area contributed by atoms with Gasteiger partial charge in [-0.25, -0.2) is 9.37 Å². The van der Waals surface area contributed by atoms with Gasteiger partial charge < -0.3 is 4.90 Å². The fraction of sp³-hybridized carbons (Fsp3) is 0.308. The van der Waals surface area contributed by atoms with Gasteiger partial charge in [-0.15, -0.1) is 0 Å². The Kier molecular flexibility index (Phi) is 6.46. The Morgan fingerprint density at radius 3 is 2.74 bits per heavy atom. The molecule has 0 bridgehead atoms. The lowest BCUT2D eigenvalue weighted by Gasteiger charge is -2.32. The van der Waals surface area contributed by atoms with Gasteiger partial charge in [-0.1, -0.05) is 49.1 Å². The molecule has 0 aliphatic carbocycles. The molecule has 2 aliphatic heterocycles. The van der Waals surface area contributed by atoms with Crippen LogP contribution in [0.3, 0.4) is 0 Å². The first kappa shape index (κ1) is 23.7. The summed E-state index contributed by atoms with van der Waals surface area (Å²) in [6.07, 6.45) is 5.51. The van der Waals surface area contributed by atoms with Crippen molar-refractivity contribution >= 4 is 51.7 Å². The summed E-state index contributed by atoms with van der Waals surface area (Å²) in [5, 5.41) is 0. The normalized spacial score (nSPS) is 19.9. The Labute approximate surface area is 212 Å². The van der Waals surface area contributed by atoms with Gasteiger partial charge in [-0.3, -0.25) is 18.9 Å². The van der Waals surface area contributed by atoms with Crippen LogP contribution in [0.25, 0.3) is 11.7 Å². The average molecular weight is 509 g/mol. The number of halogens is 1. The van der Waals surface area contributed by atoms with Gasteiger partial charge in [-0.05, 0) is 61.1 Å². The molecular weight excluding hydrogens is 483 g/mol. The molecule has 5 rings (SSSR count). The minimum Gasteiger partial charge on any atom is -0.356 e. The first-order valence-corrected chi connectivity index (χ1v) is 12.8. The molecular formula is C26H25FN4O2S2. The van der Waals surface area contributed by atoms with E-state index in [-0.39, 0.29) is 23.8 Å². The lowest BCUT2D eigenvalue weighted by Crippen LogP contribution is -2.37. The highest BCUT2D eigenvalue weighted by atomic mass is 32.2. The number of fused-ring (bicyclic) bond motifs is 1. The number of pyridine rings is 1. The first-order valence-electron chi connectivity index (χ1n) is 11.6. The molecule has 2 aromatic heterocycles. The van der Waals surface area contributed by atoms with Crippen LogP contribution in [0.2, 0.25) is 0 Å². The minimum absolute atomic E-state index is 0.212. The minimum atomic E-state index is -0.335. The Bertz CT molecular complexity index is 1420. The maximum absolute atomic E-state index is 13.7. The zero-order valence-electron chi connectivity index (χ0n) is 19.5. The van der Waals surface area contributed by atoms with Crippen molar-refractivity contribution in [3.05, 3.63) is 80.4 Å². The quantitative estimate of drug-likeness (QED) is 0.374. The monoisotopic (exact) mass is 508 g/mol. The summed E-state index contributed by atoms with van der Waals surface area (Å²) in [6.45, 7) is 6.00. The van der Waals surface area contributed by atoms with Gasteiger partial charge >= 0.3 is 0 Å². The van der Waals surface area contributed by atoms with Crippen LogP contribution >= 0.6 is 24.0 Å². The maximum atomic E-state index is 13.7. The molecule has 4 heterocycles. The van der Waals surface area contributed by atoms with Gasteiger partial charge in [0.15, 0.2) is 0 Å². The third-order valence-corrected chi connectivity index (χ3v) is 7.80. The predicted octanol–water partition coefficient (Wildman–Crippen LogP) is 4.78. The van der Waals surface area contributed by atoms with Crippen molar-refractivity contribution in [3.8, 4) is 0 Å². The Morgan fingerprint density at radius 1 is 1.23 bits per heavy atom. The topological polar surface area (TPSA) is 57.9 Å². The zero-order valence-corrected chi connectivity index (χ0v) is 21.2. The van der Waals surface area contributed by atoms with E-state index in [1.807, 2.05) is 19.1 Å². The third kappa shape index (κ3) is 4.62. The number of rotatable bonds is 4. The van der Waals surface area contributed by atoms with E-state index in [0.717, 1.165) is 37.1 Å². The molecule has 0 saturated carbocycles. The summed E-state index contributed by atoms with van der Waals surface area (Å²) >= 11 is 6.65. The van der Waals surface area contributed by atoms with Crippen molar-refractivity contribution in [1.29, 1.82) is 0 Å². The number of piperidine rings is 1. The second-order valence-electron chi connectivity index (χ2n) is 9.13. The molecule has 180 valence electrons. The van der Waals surface area contributed by atoms with Crippen LogP contribution in [0.15, 0.2) is 52.3 Å². The molecule has 2 fully saturated rings. The van der Waals surface area contributed by atoms with Crippen molar-refractivity contribution in [2.45, 2.75) is 33.2 Å². The number of carbonyl (C=O) groups is 1. The van der Waals surface area contributed by atoms with Crippen LogP contribution in [-0.4, -0.2) is 37.6 Å². The summed E-state index contributed by atoms with van der Waals surface area (Å²) in [5.41, 5.74) is 2.48. The van der Waals surface area contributed by atoms with Gasteiger partial charge in [0.05, 0.1) is 17.0 Å². The molecule has 2 saturated heterocycles. The van der Waals surface area contributed by atoms with E-state index in [1.165, 1.54) is 33.2 Å². The van der Waals surface area contributed by atoms with Crippen LogP contribution in [0, 0.1) is 18.7 Å². The number of carbonyl (C=O) groups excluding carboxylic acids is 1. The fourth-order valence-corrected chi connectivity index (χ4v) is 5.83. The SMILES string of the molecule is Cc1cccn2c(=O)c(/C=C3/SC(=S)N(Cc4ccc(F)cc4)C3=O)c(N3CCCC(C)C3)nc12. The highest BCUT2D eigenvalue weighted by Gasteiger charge is 2.33. The summed E-state index contributed by atoms with van der Waals surface area (Å²) in [7, 11) is 0. The average Bonchev–Trinajstić information content (AvgIpc) is 3.10. The van der Waals surface area contributed by atoms with Crippen molar-refractivity contribution in [1.82, 2.24) is 14.3 Å². The lowest BCUT2D eigenvalue weighted by atomic mass is 10.00. The molecule has 1 aromatic carbocycles. The van der Waals surface area contributed by atoms with Crippen LogP contribution in [0.1, 0.15) is 36.5 Å². The summed E-state index contributed by atoms with van der Waals surface area (Å²) < 4.78 is 15.2. The van der Waals surface area contributed by atoms with Crippen molar-refractivity contribution in [2.24, 2.45) is 5.92 Å². The van der Waals surface area contributed by atoms with E-state index >= 15 is 0 Å². The van der Waals surface area contributed by atoms with Crippen LogP contribution < -0.4 is 10.5 Å². The molecule has 0 radical (unpaired) electrons. The molecule has 3 aromatic rings. The maximum Gasteiger partial charge on any atom is 0.267 e. The summed E-state index contributed by atoms with van der Waals surface area (Å²) in [5.74, 6) is 0.497. The summed E-state index contributed by atoms with van der Waals surface area (Å²) in [4.78, 5) is 35.9. The molecule has 6 nitrogen and oxygen atoms in total. The molecule has 1 unspecified atom stereocenters. The molecule has 2 aliphatic rings. The van der Waals surface area contributed by atoms with Crippen LogP contribution in [0.4, 0.5) is 10.2 Å². The number of thiocarbonyl (C=S) groups is 1. The Balaban J connectivity index is 1.57. The number of aromatic nitrogens is 2. The van der Waals surface area contributed by atoms with Crippen molar-refractivity contribution in [3.63, 3.8) is 0 Å². The smallest absolute Gasteiger partial charge is 0.267 e. The van der Waals surface area contributed by atoms with E-state index in [2.05, 4.69) is 11.8 Å². The van der Waals surface area contributed by atoms with E-state index in [9.17, 15) is 14.0 Å². The number of anilines is 1. The van der Waals surface area contributed by atoms with Crippen molar-refractivity contribution < 1.29 is 9.18 Å². The van der Waals surface area contributed by atoms with E-state index in [0.29, 0.717) is 32.2 Å². The van der Waals surface area contributed by atoms with Gasteiger partial charge in [0.25, 0.3) is 11.5 Å². The van der Waals surface area contributed by atoms with E-state index in [4.69, 9.17) is 17.2 Å². The number of thioether (sulfide) groups is 1. The third-order valence-electron chi connectivity index (χ3n) is 6.42. The molecule has 1 atom stereocenters. The highest BCUT2D eigenvalue weighted by Crippen LogP contribution is 2.35. The van der Waals surface area contributed by atoms with Gasteiger partial charge in [0.1, 0.15) is 21.6 Å². The molecule has 9 heteroatoms. The number of amides is 1. The number of nitrogens with zero attached hydrogens (tertiary/aromatic N) is 4.